The zero-order valence-corrected chi connectivity index (χ0v) is 20.3. The monoisotopic (exact) mass is 474 g/mol. The van der Waals surface area contributed by atoms with Crippen molar-refractivity contribution in [1.82, 2.24) is 14.4 Å². The van der Waals surface area contributed by atoms with Crippen LogP contribution in [0.5, 0.6) is 0 Å². The molecule has 0 unspecified atom stereocenters. The molecule has 0 spiro atoms. The van der Waals surface area contributed by atoms with Gasteiger partial charge in [-0.15, -0.1) is 11.8 Å². The summed E-state index contributed by atoms with van der Waals surface area (Å²) in [6.07, 6.45) is 1.86. The van der Waals surface area contributed by atoms with Crippen molar-refractivity contribution in [3.63, 3.8) is 0 Å². The average molecular weight is 475 g/mol. The molecule has 0 aliphatic rings. The second-order valence-electron chi connectivity index (χ2n) is 7.64. The molecule has 0 atom stereocenters. The Kier molecular flexibility index (Phi) is 7.37. The van der Waals surface area contributed by atoms with Gasteiger partial charge < -0.3 is 9.84 Å². The summed E-state index contributed by atoms with van der Waals surface area (Å²) in [6, 6.07) is 12.3. The first-order valence-corrected chi connectivity index (χ1v) is 12.6. The van der Waals surface area contributed by atoms with Crippen molar-refractivity contribution in [1.29, 1.82) is 0 Å². The van der Waals surface area contributed by atoms with Gasteiger partial charge in [0.2, 0.25) is 27.6 Å². The molecule has 170 valence electrons. The number of nitrogens with one attached hydrogen (secondary N) is 1. The normalized spacial score (nSPS) is 11.8. The number of aryl methyl sites for hydroxylation is 1. The minimum Gasteiger partial charge on any atom is -0.338 e. The summed E-state index contributed by atoms with van der Waals surface area (Å²) in [5.41, 5.74) is 2.36. The predicted molar refractivity (Wildman–Crippen MR) is 125 cm³/mol. The summed E-state index contributed by atoms with van der Waals surface area (Å²) in [5.74, 6) is 0.167. The number of anilines is 1. The first kappa shape index (κ1) is 24.0. The van der Waals surface area contributed by atoms with Crippen molar-refractivity contribution < 1.29 is 17.7 Å². The van der Waals surface area contributed by atoms with Gasteiger partial charge in [-0.2, -0.15) is 9.29 Å². The smallest absolute Gasteiger partial charge is 0.243 e. The summed E-state index contributed by atoms with van der Waals surface area (Å²) >= 11 is 1.42. The molecule has 32 heavy (non-hydrogen) atoms. The standard InChI is InChI=1S/C22H26N4O4S2/c1-14(2)22(27)23-18-12-17(10-11-19(18)31-5)32(28,29)26(4)13-20-24-21(25-30-20)16-8-6-15(3)7-9-16/h6-12,14H,13H2,1-5H3,(H,23,27). The van der Waals surface area contributed by atoms with Gasteiger partial charge >= 0.3 is 0 Å². The molecule has 1 N–H and O–H groups in total. The first-order chi connectivity index (χ1) is 15.1. The molecular formula is C22H26N4O4S2. The molecule has 3 rings (SSSR count). The second-order valence-corrected chi connectivity index (χ2v) is 10.5. The number of aromatic nitrogens is 2. The number of thioether (sulfide) groups is 1. The lowest BCUT2D eigenvalue weighted by Crippen LogP contribution is -2.27. The molecule has 1 aromatic heterocycles. The number of nitrogens with zero attached hydrogens (tertiary/aromatic N) is 3. The van der Waals surface area contributed by atoms with E-state index in [1.807, 2.05) is 37.4 Å². The maximum atomic E-state index is 13.1. The minimum atomic E-state index is -3.86. The van der Waals surface area contributed by atoms with E-state index in [-0.39, 0.29) is 29.2 Å². The Balaban J connectivity index is 1.81. The van der Waals surface area contributed by atoms with E-state index >= 15 is 0 Å². The van der Waals surface area contributed by atoms with E-state index in [0.717, 1.165) is 20.3 Å². The molecule has 3 aromatic rings. The maximum absolute atomic E-state index is 13.1. The predicted octanol–water partition coefficient (Wildman–Crippen LogP) is 4.18. The van der Waals surface area contributed by atoms with Crippen molar-refractivity contribution >= 4 is 33.4 Å². The van der Waals surface area contributed by atoms with E-state index in [1.54, 1.807) is 19.9 Å². The molecule has 0 aliphatic heterocycles. The van der Waals surface area contributed by atoms with Gasteiger partial charge in [0.05, 0.1) is 17.1 Å². The second kappa shape index (κ2) is 9.85. The highest BCUT2D eigenvalue weighted by Crippen LogP contribution is 2.30. The summed E-state index contributed by atoms with van der Waals surface area (Å²) in [7, 11) is -2.41. The van der Waals surface area contributed by atoms with Gasteiger partial charge in [0.25, 0.3) is 0 Å². The molecule has 0 saturated carbocycles. The largest absolute Gasteiger partial charge is 0.338 e. The fraction of sp³-hybridized carbons (Fsp3) is 0.318. The van der Waals surface area contributed by atoms with Gasteiger partial charge in [-0.05, 0) is 31.4 Å². The van der Waals surface area contributed by atoms with Crippen LogP contribution in [0.15, 0.2) is 56.8 Å². The van der Waals surface area contributed by atoms with Gasteiger partial charge in [0, 0.05) is 23.4 Å². The molecule has 8 nitrogen and oxygen atoms in total. The molecule has 2 aromatic carbocycles. The van der Waals surface area contributed by atoms with Crippen LogP contribution in [-0.4, -0.2) is 42.1 Å². The Hall–Kier alpha value is -2.69. The van der Waals surface area contributed by atoms with Gasteiger partial charge in [0.1, 0.15) is 0 Å². The minimum absolute atomic E-state index is 0.0649. The Labute approximate surface area is 192 Å². The molecular weight excluding hydrogens is 448 g/mol. The number of benzene rings is 2. The van der Waals surface area contributed by atoms with Crippen molar-refractivity contribution in [3.05, 3.63) is 53.9 Å². The van der Waals surface area contributed by atoms with E-state index in [2.05, 4.69) is 15.5 Å². The van der Waals surface area contributed by atoms with Crippen LogP contribution < -0.4 is 5.32 Å². The number of amides is 1. The van der Waals surface area contributed by atoms with Crippen LogP contribution in [0.2, 0.25) is 0 Å². The van der Waals surface area contributed by atoms with Gasteiger partial charge in [-0.25, -0.2) is 8.42 Å². The lowest BCUT2D eigenvalue weighted by Gasteiger charge is -2.17. The molecule has 1 heterocycles. The van der Waals surface area contributed by atoms with Gasteiger partial charge in [-0.1, -0.05) is 48.8 Å². The zero-order chi connectivity index (χ0) is 23.5. The number of rotatable bonds is 8. The van der Waals surface area contributed by atoms with Crippen LogP contribution in [-0.2, 0) is 21.4 Å². The number of carbonyl (C=O) groups excluding carboxylic acids is 1. The summed E-state index contributed by atoms with van der Waals surface area (Å²) in [4.78, 5) is 17.3. The zero-order valence-electron chi connectivity index (χ0n) is 18.6. The number of carbonyl (C=O) groups is 1. The van der Waals surface area contributed by atoms with Gasteiger partial charge in [-0.3, -0.25) is 4.79 Å². The molecule has 1 amide bonds. The van der Waals surface area contributed by atoms with E-state index in [9.17, 15) is 13.2 Å². The lowest BCUT2D eigenvalue weighted by atomic mass is 10.1. The van der Waals surface area contributed by atoms with E-state index in [0.29, 0.717) is 11.5 Å². The number of hydrogen-bond donors (Lipinski definition) is 1. The highest BCUT2D eigenvalue weighted by molar-refractivity contribution is 7.98. The van der Waals surface area contributed by atoms with Crippen molar-refractivity contribution in [2.45, 2.75) is 37.1 Å². The molecule has 0 saturated heterocycles. The van der Waals surface area contributed by atoms with Crippen LogP contribution in [0, 0.1) is 12.8 Å². The van der Waals surface area contributed by atoms with Crippen LogP contribution in [0.4, 0.5) is 5.69 Å². The molecule has 0 aliphatic carbocycles. The number of hydrogen-bond acceptors (Lipinski definition) is 7. The summed E-state index contributed by atoms with van der Waals surface area (Å²) < 4.78 is 32.7. The van der Waals surface area contributed by atoms with E-state index < -0.39 is 10.0 Å². The number of sulfonamides is 1. The average Bonchev–Trinajstić information content (AvgIpc) is 3.22. The van der Waals surface area contributed by atoms with E-state index in [4.69, 9.17) is 4.52 Å². The highest BCUT2D eigenvalue weighted by Gasteiger charge is 2.25. The quantitative estimate of drug-likeness (QED) is 0.488. The lowest BCUT2D eigenvalue weighted by molar-refractivity contribution is -0.118. The Morgan fingerprint density at radius 2 is 1.88 bits per heavy atom. The Bertz CT molecular complexity index is 1200. The van der Waals surface area contributed by atoms with Crippen LogP contribution in [0.1, 0.15) is 25.3 Å². The Morgan fingerprint density at radius 3 is 2.50 bits per heavy atom. The fourth-order valence-corrected chi connectivity index (χ4v) is 4.50. The highest BCUT2D eigenvalue weighted by atomic mass is 32.2. The SMILES string of the molecule is CSc1ccc(S(=O)(=O)N(C)Cc2nc(-c3ccc(C)cc3)no2)cc1NC(=O)C(C)C. The molecule has 10 heteroatoms. The van der Waals surface area contributed by atoms with Gasteiger partial charge in [0.15, 0.2) is 0 Å². The van der Waals surface area contributed by atoms with Crippen LogP contribution in [0.25, 0.3) is 11.4 Å². The summed E-state index contributed by atoms with van der Waals surface area (Å²) in [5, 5.41) is 6.76. The third-order valence-corrected chi connectivity index (χ3v) is 7.39. The van der Waals surface area contributed by atoms with Crippen LogP contribution >= 0.6 is 11.8 Å². The Morgan fingerprint density at radius 1 is 1.19 bits per heavy atom. The van der Waals surface area contributed by atoms with Crippen molar-refractivity contribution in [2.75, 3.05) is 18.6 Å². The third-order valence-electron chi connectivity index (χ3n) is 4.80. The fourth-order valence-electron chi connectivity index (χ4n) is 2.82. The molecule has 0 bridgehead atoms. The van der Waals surface area contributed by atoms with Crippen molar-refractivity contribution in [3.8, 4) is 11.4 Å². The molecule has 0 radical (unpaired) electrons. The van der Waals surface area contributed by atoms with Crippen LogP contribution in [0.3, 0.4) is 0 Å². The molecule has 0 fully saturated rings. The maximum Gasteiger partial charge on any atom is 0.243 e. The topological polar surface area (TPSA) is 105 Å². The van der Waals surface area contributed by atoms with E-state index in [1.165, 1.54) is 30.9 Å². The first-order valence-electron chi connectivity index (χ1n) is 9.96. The third kappa shape index (κ3) is 5.37. The summed E-state index contributed by atoms with van der Waals surface area (Å²) in [6.45, 7) is 5.45. The van der Waals surface area contributed by atoms with Crippen molar-refractivity contribution in [2.24, 2.45) is 5.92 Å².